The van der Waals surface area contributed by atoms with E-state index >= 15 is 0 Å². The van der Waals surface area contributed by atoms with E-state index in [0.29, 0.717) is 19.3 Å². The number of esters is 3. The molecule has 0 aromatic carbocycles. The molecule has 1 rings (SSSR count). The van der Waals surface area contributed by atoms with Crippen LogP contribution in [0.1, 0.15) is 265 Å². The fourth-order valence-electron chi connectivity index (χ4n) is 8.84. The van der Waals surface area contributed by atoms with Crippen LogP contribution in [0.4, 0.5) is 0 Å². The summed E-state index contributed by atoms with van der Waals surface area (Å²) in [5, 5.41) is 31.5. The van der Waals surface area contributed by atoms with Crippen molar-refractivity contribution in [1.82, 2.24) is 0 Å². The lowest BCUT2D eigenvalue weighted by molar-refractivity contribution is -0.301. The van der Waals surface area contributed by atoms with Gasteiger partial charge in [0.2, 0.25) is 0 Å². The van der Waals surface area contributed by atoms with E-state index in [-0.39, 0.29) is 25.9 Å². The summed E-state index contributed by atoms with van der Waals surface area (Å²) in [6.45, 7) is 5.89. The average molecular weight is 1060 g/mol. The number of unbranched alkanes of at least 4 members (excludes halogenated alkanes) is 27. The van der Waals surface area contributed by atoms with Crippen LogP contribution >= 0.6 is 0 Å². The Morgan fingerprint density at radius 2 is 0.827 bits per heavy atom. The number of carboxylic acids is 1. The van der Waals surface area contributed by atoms with Crippen LogP contribution in [0.2, 0.25) is 0 Å². The van der Waals surface area contributed by atoms with E-state index in [1.807, 2.05) is 0 Å². The maximum atomic E-state index is 13.1. The molecule has 1 saturated heterocycles. The van der Waals surface area contributed by atoms with Crippen molar-refractivity contribution in [3.05, 3.63) is 60.8 Å². The third-order valence-electron chi connectivity index (χ3n) is 13.5. The van der Waals surface area contributed by atoms with Crippen molar-refractivity contribution >= 4 is 23.9 Å². The summed E-state index contributed by atoms with van der Waals surface area (Å²) >= 11 is 0. The molecule has 432 valence electrons. The first-order chi connectivity index (χ1) is 36.6. The molecule has 0 saturated carbocycles. The Morgan fingerprint density at radius 3 is 1.29 bits per heavy atom. The Bertz CT molecular complexity index is 1540. The number of carbonyl (C=O) groups is 4. The number of aliphatic carboxylic acids is 1. The summed E-state index contributed by atoms with van der Waals surface area (Å²) in [6, 6.07) is 0. The molecule has 0 aromatic rings. The molecule has 75 heavy (non-hydrogen) atoms. The molecular weight excluding hydrogens is 949 g/mol. The van der Waals surface area contributed by atoms with E-state index in [0.717, 1.165) is 122 Å². The predicted molar refractivity (Wildman–Crippen MR) is 303 cm³/mol. The van der Waals surface area contributed by atoms with Gasteiger partial charge in [-0.2, -0.15) is 0 Å². The van der Waals surface area contributed by atoms with Gasteiger partial charge in [0.1, 0.15) is 18.8 Å². The molecule has 12 heteroatoms. The molecule has 0 bridgehead atoms. The zero-order valence-electron chi connectivity index (χ0n) is 47.5. The van der Waals surface area contributed by atoms with Crippen LogP contribution in [0.15, 0.2) is 60.8 Å². The first kappa shape index (κ1) is 69.4. The van der Waals surface area contributed by atoms with E-state index in [4.69, 9.17) is 23.7 Å². The second kappa shape index (κ2) is 51.2. The number of hydrogen-bond donors (Lipinski definition) is 3. The fraction of sp³-hybridized carbons (Fsp3) is 0.778. The maximum absolute atomic E-state index is 13.1. The van der Waals surface area contributed by atoms with E-state index < -0.39 is 67.3 Å². The molecule has 0 amide bonds. The van der Waals surface area contributed by atoms with Crippen molar-refractivity contribution in [2.75, 3.05) is 13.2 Å². The highest BCUT2D eigenvalue weighted by Gasteiger charge is 2.50. The lowest BCUT2D eigenvalue weighted by atomic mass is 9.98. The van der Waals surface area contributed by atoms with Gasteiger partial charge >= 0.3 is 23.9 Å². The Kier molecular flexibility index (Phi) is 47.4. The molecule has 1 aliphatic rings. The molecular formula is C63H108O12. The molecule has 1 heterocycles. The summed E-state index contributed by atoms with van der Waals surface area (Å²) in [7, 11) is 0. The Morgan fingerprint density at radius 1 is 0.440 bits per heavy atom. The Hall–Kier alpha value is -3.58. The van der Waals surface area contributed by atoms with Gasteiger partial charge in [0.15, 0.2) is 24.6 Å². The minimum absolute atomic E-state index is 0.0421. The van der Waals surface area contributed by atoms with Gasteiger partial charge in [-0.15, -0.1) is 0 Å². The molecule has 0 radical (unpaired) electrons. The molecule has 3 N–H and O–H groups in total. The highest BCUT2D eigenvalue weighted by atomic mass is 16.7. The number of allylic oxidation sites excluding steroid dienone is 10. The van der Waals surface area contributed by atoms with Crippen LogP contribution in [0.3, 0.4) is 0 Å². The van der Waals surface area contributed by atoms with Crippen molar-refractivity contribution in [1.29, 1.82) is 0 Å². The minimum Gasteiger partial charge on any atom is -0.479 e. The highest BCUT2D eigenvalue weighted by molar-refractivity contribution is 5.74. The number of aliphatic hydroxyl groups excluding tert-OH is 2. The van der Waals surface area contributed by atoms with Gasteiger partial charge in [-0.1, -0.05) is 204 Å². The zero-order valence-corrected chi connectivity index (χ0v) is 47.5. The van der Waals surface area contributed by atoms with Crippen LogP contribution < -0.4 is 0 Å². The second-order valence-corrected chi connectivity index (χ2v) is 20.6. The fourth-order valence-corrected chi connectivity index (χ4v) is 8.84. The van der Waals surface area contributed by atoms with Gasteiger partial charge < -0.3 is 39.0 Å². The van der Waals surface area contributed by atoms with E-state index in [1.54, 1.807) is 0 Å². The van der Waals surface area contributed by atoms with Gasteiger partial charge in [0, 0.05) is 19.3 Å². The third-order valence-corrected chi connectivity index (χ3v) is 13.5. The van der Waals surface area contributed by atoms with E-state index in [9.17, 15) is 34.5 Å². The Labute approximate surface area is 456 Å². The Balaban J connectivity index is 2.69. The molecule has 6 atom stereocenters. The summed E-state index contributed by atoms with van der Waals surface area (Å²) in [6.07, 6.45) is 50.4. The number of aliphatic hydroxyl groups is 2. The first-order valence-electron chi connectivity index (χ1n) is 30.3. The van der Waals surface area contributed by atoms with Crippen molar-refractivity contribution < 1.29 is 58.2 Å². The zero-order chi connectivity index (χ0) is 54.7. The number of hydrogen-bond acceptors (Lipinski definition) is 11. The summed E-state index contributed by atoms with van der Waals surface area (Å²) in [4.78, 5) is 51.1. The van der Waals surface area contributed by atoms with Gasteiger partial charge in [-0.25, -0.2) is 4.79 Å². The minimum atomic E-state index is -1.91. The number of ether oxygens (including phenoxy) is 5. The molecule has 1 fully saturated rings. The van der Waals surface area contributed by atoms with Crippen molar-refractivity contribution in [2.45, 2.75) is 302 Å². The third kappa shape index (κ3) is 41.2. The largest absolute Gasteiger partial charge is 0.479 e. The molecule has 0 aromatic heterocycles. The van der Waals surface area contributed by atoms with Gasteiger partial charge in [0.05, 0.1) is 6.61 Å². The number of rotatable bonds is 51. The molecule has 1 aliphatic heterocycles. The topological polar surface area (TPSA) is 175 Å². The smallest absolute Gasteiger partial charge is 0.335 e. The monoisotopic (exact) mass is 1060 g/mol. The SMILES string of the molecule is CCC/C=C\C/C=C\CCCCCCCC(=O)OC(COC(=O)CCCCCCCCC/C=C\CCCCCCCC)COC1OC(C(=O)O)C(O)C(O)C1OC(=O)CCCCCCC/C=C\C/C=C\CCCCC. The summed E-state index contributed by atoms with van der Waals surface area (Å²) in [5.74, 6) is -3.15. The lowest BCUT2D eigenvalue weighted by Crippen LogP contribution is -2.61. The second-order valence-electron chi connectivity index (χ2n) is 20.6. The standard InChI is InChI=1S/C63H108O12/c1-4-7-10-13-16-19-22-25-27-28-30-32-34-37-40-43-46-49-55(64)71-52-54(73-56(65)50-47-44-41-38-35-31-24-21-18-15-12-9-6-3)53-72-63-61(59(68)58(67)60(75-63)62(69)70)74-57(66)51-48-45-42-39-36-33-29-26-23-20-17-14-11-8-5-2/h12,15,17,20-21,24-27,29,54,58-61,63,67-68H,4-11,13-14,16,18-19,22-23,28,30-53H2,1-3H3,(H,69,70)/b15-12-,20-17-,24-21-,27-25-,29-26-. The quantitative estimate of drug-likeness (QED) is 0.0228. The van der Waals surface area contributed by atoms with E-state index in [1.165, 1.54) is 83.5 Å². The van der Waals surface area contributed by atoms with Crippen molar-refractivity contribution in [3.8, 4) is 0 Å². The summed E-state index contributed by atoms with van der Waals surface area (Å²) in [5.41, 5.74) is 0. The van der Waals surface area contributed by atoms with Gasteiger partial charge in [0.25, 0.3) is 0 Å². The van der Waals surface area contributed by atoms with Crippen LogP contribution in [0, 0.1) is 0 Å². The van der Waals surface area contributed by atoms with Crippen LogP contribution in [-0.2, 0) is 42.9 Å². The normalized spacial score (nSPS) is 18.5. The molecule has 0 spiro atoms. The molecule has 0 aliphatic carbocycles. The molecule has 12 nitrogen and oxygen atoms in total. The number of carbonyl (C=O) groups excluding carboxylic acids is 3. The molecule has 6 unspecified atom stereocenters. The van der Waals surface area contributed by atoms with Gasteiger partial charge in [-0.05, 0) is 103 Å². The maximum Gasteiger partial charge on any atom is 0.335 e. The average Bonchev–Trinajstić information content (AvgIpc) is 3.39. The predicted octanol–water partition coefficient (Wildman–Crippen LogP) is 15.6. The van der Waals surface area contributed by atoms with Crippen LogP contribution in [-0.4, -0.2) is 89.2 Å². The van der Waals surface area contributed by atoms with Crippen molar-refractivity contribution in [3.63, 3.8) is 0 Å². The highest BCUT2D eigenvalue weighted by Crippen LogP contribution is 2.26. The van der Waals surface area contributed by atoms with Crippen LogP contribution in [0.25, 0.3) is 0 Å². The summed E-state index contributed by atoms with van der Waals surface area (Å²) < 4.78 is 28.4. The number of carboxylic acid groups (broad SMARTS) is 1. The van der Waals surface area contributed by atoms with Gasteiger partial charge in [-0.3, -0.25) is 14.4 Å². The lowest BCUT2D eigenvalue weighted by Gasteiger charge is -2.40. The van der Waals surface area contributed by atoms with E-state index in [2.05, 4.69) is 81.5 Å². The van der Waals surface area contributed by atoms with Crippen LogP contribution in [0.5, 0.6) is 0 Å². The first-order valence-corrected chi connectivity index (χ1v) is 30.3. The van der Waals surface area contributed by atoms with Crippen molar-refractivity contribution in [2.24, 2.45) is 0 Å².